The van der Waals surface area contributed by atoms with E-state index in [1.165, 1.54) is 12.1 Å². The molecule has 0 spiro atoms. The van der Waals surface area contributed by atoms with Gasteiger partial charge in [-0.25, -0.2) is 8.78 Å². The van der Waals surface area contributed by atoms with Gasteiger partial charge >= 0.3 is 6.18 Å². The third kappa shape index (κ3) is 6.55. The lowest BCUT2D eigenvalue weighted by atomic mass is 9.85. The first kappa shape index (κ1) is 26.1. The van der Waals surface area contributed by atoms with E-state index < -0.39 is 42.6 Å². The molecule has 1 amide bonds. The summed E-state index contributed by atoms with van der Waals surface area (Å²) in [5.41, 5.74) is -0.598. The maximum atomic E-state index is 13.1. The summed E-state index contributed by atoms with van der Waals surface area (Å²) in [7, 11) is 0. The largest absolute Gasteiger partial charge is 0.391 e. The smallest absolute Gasteiger partial charge is 0.390 e. The number of aliphatic hydroxyl groups is 1. The molecule has 0 unspecified atom stereocenters. The minimum atomic E-state index is -4.26. The van der Waals surface area contributed by atoms with E-state index in [-0.39, 0.29) is 42.6 Å². The van der Waals surface area contributed by atoms with Crippen molar-refractivity contribution in [2.45, 2.75) is 69.7 Å². The van der Waals surface area contributed by atoms with E-state index in [9.17, 15) is 36.8 Å². The van der Waals surface area contributed by atoms with Gasteiger partial charge in [-0.15, -0.1) is 4.91 Å². The molecule has 1 aliphatic carbocycles. The van der Waals surface area contributed by atoms with Crippen molar-refractivity contribution in [1.29, 1.82) is 0 Å². The number of hydrogen-bond donors (Lipinski definition) is 3. The van der Waals surface area contributed by atoms with Crippen LogP contribution >= 0.6 is 0 Å². The van der Waals surface area contributed by atoms with Gasteiger partial charge in [0.15, 0.2) is 0 Å². The first-order chi connectivity index (χ1) is 15.9. The van der Waals surface area contributed by atoms with Crippen molar-refractivity contribution in [2.75, 3.05) is 29.9 Å². The number of anilines is 2. The highest BCUT2D eigenvalue weighted by molar-refractivity contribution is 6.02. The number of rotatable bonds is 7. The summed E-state index contributed by atoms with van der Waals surface area (Å²) in [5, 5.41) is 18.3. The fourth-order valence-corrected chi connectivity index (χ4v) is 4.48. The van der Waals surface area contributed by atoms with Crippen molar-refractivity contribution in [3.05, 3.63) is 22.6 Å². The molecule has 1 saturated carbocycles. The summed E-state index contributed by atoms with van der Waals surface area (Å²) in [6.45, 7) is 1.74. The Morgan fingerprint density at radius 3 is 2.35 bits per heavy atom. The molecule has 7 nitrogen and oxygen atoms in total. The van der Waals surface area contributed by atoms with Crippen LogP contribution in [0.4, 0.5) is 39.0 Å². The average molecular weight is 492 g/mol. The second-order valence-corrected chi connectivity index (χ2v) is 9.30. The zero-order chi connectivity index (χ0) is 25.1. The topological polar surface area (TPSA) is 94.0 Å². The number of piperidine rings is 1. The van der Waals surface area contributed by atoms with E-state index in [0.29, 0.717) is 31.6 Å². The molecule has 3 N–H and O–H groups in total. The van der Waals surface area contributed by atoms with Crippen LogP contribution in [-0.2, 0) is 0 Å². The number of hydrogen-bond acceptors (Lipinski definition) is 6. The third-order valence-electron chi connectivity index (χ3n) is 6.61. The van der Waals surface area contributed by atoms with Crippen molar-refractivity contribution in [3.63, 3.8) is 0 Å². The Hall–Kier alpha value is -2.50. The van der Waals surface area contributed by atoms with Crippen molar-refractivity contribution in [1.82, 2.24) is 5.32 Å². The fraction of sp³-hybridized carbons (Fsp3) is 0.682. The summed E-state index contributed by atoms with van der Waals surface area (Å²) in [5.74, 6) is -1.96. The Bertz CT molecular complexity index is 876. The predicted molar refractivity (Wildman–Crippen MR) is 118 cm³/mol. The van der Waals surface area contributed by atoms with Crippen LogP contribution in [0.15, 0.2) is 17.3 Å². The quantitative estimate of drug-likeness (QED) is 0.369. The number of nitrogens with one attached hydrogen (secondary N) is 2. The number of nitroso groups, excluding NO2 is 1. The second kappa shape index (κ2) is 10.4. The lowest BCUT2D eigenvalue weighted by Gasteiger charge is -2.38. The Kier molecular flexibility index (Phi) is 7.99. The summed E-state index contributed by atoms with van der Waals surface area (Å²) < 4.78 is 64.3. The molecule has 0 radical (unpaired) electrons. The maximum Gasteiger partial charge on any atom is 0.391 e. The number of nitrogens with zero attached hydrogens (tertiary/aromatic N) is 2. The molecule has 0 aromatic heterocycles. The van der Waals surface area contributed by atoms with Crippen LogP contribution < -0.4 is 15.5 Å². The van der Waals surface area contributed by atoms with Gasteiger partial charge in [0, 0.05) is 19.1 Å². The number of benzene rings is 1. The van der Waals surface area contributed by atoms with Gasteiger partial charge in [-0.2, -0.15) is 13.2 Å². The highest BCUT2D eigenvalue weighted by Crippen LogP contribution is 2.39. The van der Waals surface area contributed by atoms with Crippen molar-refractivity contribution >= 4 is 23.0 Å². The van der Waals surface area contributed by atoms with Crippen molar-refractivity contribution in [3.8, 4) is 0 Å². The molecule has 1 aromatic carbocycles. The van der Waals surface area contributed by atoms with E-state index >= 15 is 0 Å². The molecular formula is C22H29F5N4O3. The molecule has 0 bridgehead atoms. The first-order valence-corrected chi connectivity index (χ1v) is 11.3. The second-order valence-electron chi connectivity index (χ2n) is 9.30. The minimum Gasteiger partial charge on any atom is -0.390 e. The van der Waals surface area contributed by atoms with Crippen LogP contribution in [0.2, 0.25) is 0 Å². The number of carbonyl (C=O) groups is 1. The zero-order valence-corrected chi connectivity index (χ0v) is 18.8. The Morgan fingerprint density at radius 1 is 1.21 bits per heavy atom. The summed E-state index contributed by atoms with van der Waals surface area (Å²) in [6.07, 6.45) is -5.95. The Morgan fingerprint density at radius 2 is 1.82 bits per heavy atom. The number of carbonyl (C=O) groups excluding carboxylic acids is 1. The Labute approximate surface area is 194 Å². The van der Waals surface area contributed by atoms with Crippen LogP contribution in [0.3, 0.4) is 0 Å². The normalized spacial score (nSPS) is 23.0. The molecule has 0 atom stereocenters. The zero-order valence-electron chi connectivity index (χ0n) is 18.8. The minimum absolute atomic E-state index is 0.0462. The van der Waals surface area contributed by atoms with Gasteiger partial charge in [0.1, 0.15) is 5.69 Å². The lowest BCUT2D eigenvalue weighted by Crippen LogP contribution is -2.44. The van der Waals surface area contributed by atoms with Gasteiger partial charge in [-0.1, -0.05) is 0 Å². The molecule has 1 saturated heterocycles. The summed E-state index contributed by atoms with van der Waals surface area (Å²) in [4.78, 5) is 26.3. The van der Waals surface area contributed by atoms with Gasteiger partial charge in [-0.05, 0) is 62.8 Å². The van der Waals surface area contributed by atoms with Gasteiger partial charge in [0.25, 0.3) is 12.3 Å². The molecule has 2 fully saturated rings. The maximum absolute atomic E-state index is 13.1. The Balaban J connectivity index is 1.84. The molecule has 1 heterocycles. The summed E-state index contributed by atoms with van der Waals surface area (Å²) >= 11 is 0. The monoisotopic (exact) mass is 492 g/mol. The standard InChI is InChI=1S/C22H29F5N4O3/c1-21(33)6-8-31(9-7-21)18-11-16(28-12-19(23)24)17(30-34)10-15(18)20(32)29-14-4-2-13(3-5-14)22(25,26)27/h10-11,13-14,19,28,33H,2-9,12H2,1H3,(H,29,32). The highest BCUT2D eigenvalue weighted by Gasteiger charge is 2.41. The molecule has 190 valence electrons. The lowest BCUT2D eigenvalue weighted by molar-refractivity contribution is -0.182. The number of halogens is 5. The van der Waals surface area contributed by atoms with Crippen LogP contribution in [0, 0.1) is 10.8 Å². The van der Waals surface area contributed by atoms with E-state index in [2.05, 4.69) is 15.8 Å². The fourth-order valence-electron chi connectivity index (χ4n) is 4.48. The van der Waals surface area contributed by atoms with Crippen LogP contribution in [0.25, 0.3) is 0 Å². The predicted octanol–water partition coefficient (Wildman–Crippen LogP) is 4.96. The molecule has 1 aliphatic heterocycles. The van der Waals surface area contributed by atoms with Gasteiger partial charge in [0.2, 0.25) is 0 Å². The van der Waals surface area contributed by atoms with E-state index in [4.69, 9.17) is 0 Å². The average Bonchev–Trinajstić information content (AvgIpc) is 2.76. The van der Waals surface area contributed by atoms with Gasteiger partial charge in [-0.3, -0.25) is 4.79 Å². The van der Waals surface area contributed by atoms with Crippen molar-refractivity contribution in [2.24, 2.45) is 11.1 Å². The van der Waals surface area contributed by atoms with Crippen molar-refractivity contribution < 1.29 is 31.9 Å². The van der Waals surface area contributed by atoms with Crippen LogP contribution in [0.1, 0.15) is 55.8 Å². The third-order valence-corrected chi connectivity index (χ3v) is 6.61. The molecule has 2 aliphatic rings. The molecule has 34 heavy (non-hydrogen) atoms. The molecule has 12 heteroatoms. The highest BCUT2D eigenvalue weighted by atomic mass is 19.4. The molecule has 3 rings (SSSR count). The molecule has 1 aromatic rings. The first-order valence-electron chi connectivity index (χ1n) is 11.3. The van der Waals surface area contributed by atoms with Crippen LogP contribution in [0.5, 0.6) is 0 Å². The van der Waals surface area contributed by atoms with E-state index in [0.717, 1.165) is 0 Å². The van der Waals surface area contributed by atoms with Gasteiger partial charge in [0.05, 0.1) is 35.0 Å². The van der Waals surface area contributed by atoms with Crippen LogP contribution in [-0.4, -0.2) is 54.9 Å². The van der Waals surface area contributed by atoms with E-state index in [1.807, 2.05) is 4.90 Å². The number of amides is 1. The molecular weight excluding hydrogens is 463 g/mol. The van der Waals surface area contributed by atoms with Gasteiger partial charge < -0.3 is 20.6 Å². The van der Waals surface area contributed by atoms with E-state index in [1.54, 1.807) is 6.92 Å². The summed E-state index contributed by atoms with van der Waals surface area (Å²) in [6, 6.07) is 2.17. The SMILES string of the molecule is CC1(O)CCN(c2cc(NCC(F)F)c(N=O)cc2C(=O)NC2CCC(C(F)(F)F)CC2)CC1. The number of alkyl halides is 5.